The van der Waals surface area contributed by atoms with Gasteiger partial charge in [0.2, 0.25) is 11.8 Å². The number of aromatic amines is 1. The van der Waals surface area contributed by atoms with E-state index in [1.807, 2.05) is 0 Å². The van der Waals surface area contributed by atoms with Gasteiger partial charge in [-0.3, -0.25) is 19.2 Å². The van der Waals surface area contributed by atoms with E-state index in [0.717, 1.165) is 65.5 Å². The number of aromatic nitrogens is 1. The summed E-state index contributed by atoms with van der Waals surface area (Å²) in [5.41, 5.74) is -0.539. The summed E-state index contributed by atoms with van der Waals surface area (Å²) in [7, 11) is 0. The first-order valence-corrected chi connectivity index (χ1v) is 14.8. The fourth-order valence-corrected chi connectivity index (χ4v) is 8.14. The number of benzene rings is 2. The molecule has 0 spiro atoms. The normalized spacial score (nSPS) is 22.5. The van der Waals surface area contributed by atoms with Gasteiger partial charge >= 0.3 is 11.0 Å². The molecule has 1 N–H and O–H groups in total. The Labute approximate surface area is 240 Å². The van der Waals surface area contributed by atoms with Crippen molar-refractivity contribution in [2.24, 2.45) is 5.92 Å². The number of fused-ring (bicyclic) bond motifs is 2. The number of rotatable bonds is 5. The van der Waals surface area contributed by atoms with E-state index >= 15 is 0 Å². The maximum absolute atomic E-state index is 13.8. The standard InChI is InChI=1S/C28H24F3N3O5S2/c29-28(30,31)16-7-5-8-17(13-16)34-25(36)21-20(22-24(32-27(38)41-22)40-23(21)26(34)37)15-6-4-9-18(12-15)39-14-19(35)33-10-2-1-3-11-33/h4-9,12-13,20-21,23H,1-3,10-11,14H2,(H,32,38)/t20-,21-,23+/m0/s1. The number of ether oxygens (including phenoxy) is 1. The van der Waals surface area contributed by atoms with Crippen LogP contribution in [0.3, 0.4) is 0 Å². The zero-order valence-electron chi connectivity index (χ0n) is 21.5. The number of thioether (sulfide) groups is 1. The summed E-state index contributed by atoms with van der Waals surface area (Å²) in [5, 5.41) is -0.505. The van der Waals surface area contributed by atoms with Crippen LogP contribution < -0.4 is 14.5 Å². The topological polar surface area (TPSA) is 99.8 Å². The van der Waals surface area contributed by atoms with Gasteiger partial charge in [0.1, 0.15) is 11.0 Å². The predicted octanol–water partition coefficient (Wildman–Crippen LogP) is 4.64. The molecule has 3 atom stereocenters. The molecule has 214 valence electrons. The van der Waals surface area contributed by atoms with Crippen molar-refractivity contribution in [3.05, 3.63) is 74.2 Å². The van der Waals surface area contributed by atoms with Crippen LogP contribution in [0.15, 0.2) is 58.4 Å². The maximum Gasteiger partial charge on any atom is 0.416 e. The lowest BCUT2D eigenvalue weighted by Gasteiger charge is -2.30. The number of likely N-dealkylation sites (tertiary alicyclic amines) is 1. The highest BCUT2D eigenvalue weighted by Gasteiger charge is 2.56. The molecule has 0 saturated carbocycles. The van der Waals surface area contributed by atoms with Gasteiger partial charge in [0.05, 0.1) is 22.2 Å². The summed E-state index contributed by atoms with van der Waals surface area (Å²) < 4.78 is 46.0. The molecule has 0 radical (unpaired) electrons. The monoisotopic (exact) mass is 603 g/mol. The quantitative estimate of drug-likeness (QED) is 0.427. The maximum atomic E-state index is 13.8. The molecule has 4 heterocycles. The van der Waals surface area contributed by atoms with E-state index in [2.05, 4.69) is 4.98 Å². The molecule has 1 aromatic heterocycles. The van der Waals surface area contributed by atoms with E-state index in [0.29, 0.717) is 34.3 Å². The summed E-state index contributed by atoms with van der Waals surface area (Å²) in [6, 6.07) is 10.9. The summed E-state index contributed by atoms with van der Waals surface area (Å²) in [4.78, 5) is 57.9. The number of hydrogen-bond acceptors (Lipinski definition) is 7. The number of hydrogen-bond donors (Lipinski definition) is 1. The molecule has 0 unspecified atom stereocenters. The van der Waals surface area contributed by atoms with Crippen LogP contribution >= 0.6 is 23.1 Å². The Morgan fingerprint density at radius 1 is 1.00 bits per heavy atom. The summed E-state index contributed by atoms with van der Waals surface area (Å²) in [6.45, 7) is 1.23. The van der Waals surface area contributed by atoms with Crippen LogP contribution in [0.2, 0.25) is 0 Å². The molecule has 0 bridgehead atoms. The average molecular weight is 604 g/mol. The molecule has 3 aromatic rings. The number of carbonyl (C=O) groups is 3. The molecule has 2 saturated heterocycles. The van der Waals surface area contributed by atoms with E-state index in [1.165, 1.54) is 6.07 Å². The SMILES string of the molecule is O=C(COc1cccc([C@@H]2c3sc(=O)[nH]c3S[C@H]3C(=O)N(c4cccc(C(F)(F)F)c4)C(=O)[C@@H]23)c1)N1CCCCC1. The van der Waals surface area contributed by atoms with Gasteiger partial charge in [-0.1, -0.05) is 41.3 Å². The Kier molecular flexibility index (Phi) is 7.18. The van der Waals surface area contributed by atoms with Crippen LogP contribution in [0, 0.1) is 5.92 Å². The third kappa shape index (κ3) is 5.16. The lowest BCUT2D eigenvalue weighted by atomic mass is 9.83. The smallest absolute Gasteiger partial charge is 0.416 e. The van der Waals surface area contributed by atoms with Gasteiger partial charge < -0.3 is 14.6 Å². The van der Waals surface area contributed by atoms with Crippen molar-refractivity contribution in [3.63, 3.8) is 0 Å². The van der Waals surface area contributed by atoms with E-state index in [-0.39, 0.29) is 23.1 Å². The number of imide groups is 1. The molecule has 8 nitrogen and oxygen atoms in total. The van der Waals surface area contributed by atoms with Crippen LogP contribution in [0.5, 0.6) is 5.75 Å². The molecule has 41 heavy (non-hydrogen) atoms. The third-order valence-electron chi connectivity index (χ3n) is 7.54. The molecule has 13 heteroatoms. The molecule has 2 aromatic carbocycles. The second-order valence-corrected chi connectivity index (χ2v) is 12.3. The van der Waals surface area contributed by atoms with Crippen molar-refractivity contribution in [3.8, 4) is 5.75 Å². The van der Waals surface area contributed by atoms with Crippen molar-refractivity contribution in [2.45, 2.75) is 41.6 Å². The van der Waals surface area contributed by atoms with Crippen molar-refractivity contribution in [1.29, 1.82) is 0 Å². The first-order chi connectivity index (χ1) is 19.6. The third-order valence-corrected chi connectivity index (χ3v) is 9.95. The first kappa shape index (κ1) is 27.6. The Morgan fingerprint density at radius 2 is 1.76 bits per heavy atom. The number of amides is 3. The van der Waals surface area contributed by atoms with E-state index in [9.17, 15) is 32.3 Å². The number of H-pyrrole nitrogens is 1. The second-order valence-electron chi connectivity index (χ2n) is 10.1. The molecule has 2 fully saturated rings. The molecule has 6 rings (SSSR count). The van der Waals surface area contributed by atoms with Crippen molar-refractivity contribution in [1.82, 2.24) is 9.88 Å². The molecule has 0 aliphatic carbocycles. The number of halogens is 3. The minimum absolute atomic E-state index is 0.122. The van der Waals surface area contributed by atoms with Gasteiger partial charge in [-0.15, -0.1) is 0 Å². The van der Waals surface area contributed by atoms with Crippen molar-refractivity contribution >= 4 is 46.5 Å². The fourth-order valence-electron chi connectivity index (χ4n) is 5.63. The zero-order chi connectivity index (χ0) is 28.9. The Bertz CT molecular complexity index is 1580. The summed E-state index contributed by atoms with van der Waals surface area (Å²) >= 11 is 1.97. The van der Waals surface area contributed by atoms with Crippen LogP contribution in [-0.2, 0) is 20.6 Å². The number of thiazole rings is 1. The minimum Gasteiger partial charge on any atom is -0.484 e. The lowest BCUT2D eigenvalue weighted by Crippen LogP contribution is -2.38. The zero-order valence-corrected chi connectivity index (χ0v) is 23.1. The van der Waals surface area contributed by atoms with Crippen molar-refractivity contribution in [2.75, 3.05) is 24.6 Å². The van der Waals surface area contributed by atoms with Gasteiger partial charge in [-0.2, -0.15) is 13.2 Å². The van der Waals surface area contributed by atoms with Gasteiger partial charge in [0, 0.05) is 23.9 Å². The second kappa shape index (κ2) is 10.7. The molecular formula is C28H24F3N3O5S2. The number of alkyl halides is 3. The predicted molar refractivity (Wildman–Crippen MR) is 146 cm³/mol. The van der Waals surface area contributed by atoms with Gasteiger partial charge in [0.25, 0.3) is 5.91 Å². The van der Waals surface area contributed by atoms with Crippen LogP contribution in [0.1, 0.15) is 41.2 Å². The highest BCUT2D eigenvalue weighted by Crippen LogP contribution is 2.53. The lowest BCUT2D eigenvalue weighted by molar-refractivity contribution is -0.137. The van der Waals surface area contributed by atoms with E-state index in [1.54, 1.807) is 29.2 Å². The van der Waals surface area contributed by atoms with E-state index < -0.39 is 40.6 Å². The summed E-state index contributed by atoms with van der Waals surface area (Å²) in [6.07, 6.45) is -1.65. The molecular weight excluding hydrogens is 579 g/mol. The fraction of sp³-hybridized carbons (Fsp3) is 0.357. The number of nitrogens with one attached hydrogen (secondary N) is 1. The van der Waals surface area contributed by atoms with Crippen LogP contribution in [0.4, 0.5) is 18.9 Å². The highest BCUT2D eigenvalue weighted by atomic mass is 32.2. The van der Waals surface area contributed by atoms with E-state index in [4.69, 9.17) is 4.74 Å². The van der Waals surface area contributed by atoms with Gasteiger partial charge in [-0.05, 0) is 55.2 Å². The number of nitrogens with zero attached hydrogens (tertiary/aromatic N) is 2. The Hall–Kier alpha value is -3.58. The molecule has 3 aliphatic rings. The summed E-state index contributed by atoms with van der Waals surface area (Å²) in [5.74, 6) is -2.72. The minimum atomic E-state index is -4.65. The van der Waals surface area contributed by atoms with Gasteiger partial charge in [0.15, 0.2) is 6.61 Å². The highest BCUT2D eigenvalue weighted by molar-refractivity contribution is 8.00. The largest absolute Gasteiger partial charge is 0.484 e. The van der Waals surface area contributed by atoms with Crippen LogP contribution in [0.25, 0.3) is 0 Å². The number of anilines is 1. The first-order valence-electron chi connectivity index (χ1n) is 13.1. The van der Waals surface area contributed by atoms with Crippen molar-refractivity contribution < 1.29 is 32.3 Å². The number of carbonyl (C=O) groups excluding carboxylic acids is 3. The number of piperidine rings is 1. The Balaban J connectivity index is 1.32. The van der Waals surface area contributed by atoms with Gasteiger partial charge in [-0.25, -0.2) is 4.90 Å². The molecule has 3 aliphatic heterocycles. The molecule has 3 amide bonds. The average Bonchev–Trinajstić information content (AvgIpc) is 3.45. The Morgan fingerprint density at radius 3 is 2.51 bits per heavy atom. The van der Waals surface area contributed by atoms with Crippen LogP contribution in [-0.4, -0.2) is 52.6 Å².